The fourth-order valence-corrected chi connectivity index (χ4v) is 4.41. The summed E-state index contributed by atoms with van der Waals surface area (Å²) >= 11 is 0. The van der Waals surface area contributed by atoms with Gasteiger partial charge in [0.05, 0.1) is 18.0 Å². The number of rotatable bonds is 4. The van der Waals surface area contributed by atoms with Crippen LogP contribution in [0.5, 0.6) is 5.75 Å². The Balaban J connectivity index is 1.66. The summed E-state index contributed by atoms with van der Waals surface area (Å²) < 4.78 is 7.39. The van der Waals surface area contributed by atoms with Gasteiger partial charge in [-0.3, -0.25) is 9.48 Å². The Kier molecular flexibility index (Phi) is 5.74. The van der Waals surface area contributed by atoms with Crippen LogP contribution in [0.3, 0.4) is 0 Å². The van der Waals surface area contributed by atoms with Gasteiger partial charge < -0.3 is 20.7 Å². The molecule has 9 heteroatoms. The molecule has 32 heavy (non-hydrogen) atoms. The van der Waals surface area contributed by atoms with Gasteiger partial charge in [-0.25, -0.2) is 0 Å². The molecule has 4 N–H and O–H groups in total. The molecule has 2 aliphatic rings. The van der Waals surface area contributed by atoms with E-state index in [0.717, 1.165) is 36.7 Å². The molecular weight excluding hydrogens is 405 g/mol. The number of nitrogens with one attached hydrogen (secondary N) is 1. The molecule has 1 aliphatic heterocycles. The average Bonchev–Trinajstić information content (AvgIpc) is 3.16. The largest absolute Gasteiger partial charge is 0.556 e. The van der Waals surface area contributed by atoms with E-state index >= 15 is 0 Å². The monoisotopic (exact) mass is 433 g/mol. The van der Waals surface area contributed by atoms with Gasteiger partial charge in [0, 0.05) is 17.4 Å². The second kappa shape index (κ2) is 8.36. The fraction of sp³-hybridized carbons (Fsp3) is 0.435. The number of anilines is 2. The van der Waals surface area contributed by atoms with Gasteiger partial charge in [-0.2, -0.15) is 10.4 Å². The van der Waals surface area contributed by atoms with E-state index in [0.29, 0.717) is 17.3 Å². The number of allylic oxidation sites excluding steroid dienone is 1. The zero-order valence-corrected chi connectivity index (χ0v) is 18.6. The predicted octanol–water partition coefficient (Wildman–Crippen LogP) is 3.82. The zero-order chi connectivity index (χ0) is 23.0. The lowest BCUT2D eigenvalue weighted by Gasteiger charge is -2.29. The smallest absolute Gasteiger partial charge is 0.532 e. The maximum atomic E-state index is 12.1. The first-order valence-corrected chi connectivity index (χ1v) is 10.9. The van der Waals surface area contributed by atoms with Crippen LogP contribution in [0.2, 0.25) is 0 Å². The first kappa shape index (κ1) is 22.0. The Hall–Kier alpha value is -3.25. The van der Waals surface area contributed by atoms with Crippen LogP contribution in [0.25, 0.3) is 6.08 Å². The number of hydrogen-bond acceptors (Lipinski definition) is 6. The minimum absolute atomic E-state index is 0.0712. The van der Waals surface area contributed by atoms with E-state index in [1.54, 1.807) is 23.0 Å². The standard InChI is InChI=1S/C23H28BN5O3/c1-23(2,3)20-11-15-10-16(8-9-19(15)32-24(20)31)27-22-17(21(26)30)13-29(28-22)18-7-5-4-6-14(18)12-25/h8-11,13-14,18,31H,4-7H2,1-3H3,(H2,26,30)(H,27,28). The summed E-state index contributed by atoms with van der Waals surface area (Å²) in [6, 6.07) is 7.75. The van der Waals surface area contributed by atoms with Crippen LogP contribution in [-0.4, -0.2) is 27.8 Å². The minimum atomic E-state index is -0.984. The number of fused-ring (bicyclic) bond motifs is 1. The van der Waals surface area contributed by atoms with Crippen LogP contribution in [0.4, 0.5) is 11.5 Å². The third-order valence-corrected chi connectivity index (χ3v) is 6.19. The molecule has 1 saturated carbocycles. The molecule has 2 unspecified atom stereocenters. The number of amides is 1. The van der Waals surface area contributed by atoms with E-state index in [1.165, 1.54) is 0 Å². The topological polar surface area (TPSA) is 126 Å². The molecule has 0 radical (unpaired) electrons. The maximum Gasteiger partial charge on any atom is 0.556 e. The Labute approximate surface area is 188 Å². The molecule has 1 amide bonds. The van der Waals surface area contributed by atoms with Crippen molar-refractivity contribution in [3.05, 3.63) is 41.0 Å². The van der Waals surface area contributed by atoms with Crippen molar-refractivity contribution in [2.75, 3.05) is 5.32 Å². The quantitative estimate of drug-likeness (QED) is 0.630. The number of hydrogen-bond donors (Lipinski definition) is 3. The van der Waals surface area contributed by atoms with Crippen LogP contribution in [0.15, 0.2) is 29.9 Å². The molecule has 0 saturated heterocycles. The van der Waals surface area contributed by atoms with Crippen molar-refractivity contribution in [3.63, 3.8) is 0 Å². The molecule has 2 heterocycles. The van der Waals surface area contributed by atoms with Crippen molar-refractivity contribution in [1.82, 2.24) is 9.78 Å². The Morgan fingerprint density at radius 2 is 2.12 bits per heavy atom. The first-order valence-electron chi connectivity index (χ1n) is 10.9. The number of carbonyl (C=O) groups excluding carboxylic acids is 1. The number of nitriles is 1. The van der Waals surface area contributed by atoms with Crippen molar-refractivity contribution in [2.45, 2.75) is 52.5 Å². The lowest BCUT2D eigenvalue weighted by molar-refractivity contribution is 0.100. The maximum absolute atomic E-state index is 12.1. The number of benzene rings is 1. The number of aromatic nitrogens is 2. The summed E-state index contributed by atoms with van der Waals surface area (Å²) in [5, 5.41) is 27.6. The summed E-state index contributed by atoms with van der Waals surface area (Å²) in [5.41, 5.74) is 7.95. The summed E-state index contributed by atoms with van der Waals surface area (Å²) in [6.07, 6.45) is 7.30. The number of carbonyl (C=O) groups is 1. The minimum Gasteiger partial charge on any atom is -0.532 e. The molecule has 1 aliphatic carbocycles. The highest BCUT2D eigenvalue weighted by Gasteiger charge is 2.35. The fourth-order valence-electron chi connectivity index (χ4n) is 4.41. The van der Waals surface area contributed by atoms with Gasteiger partial charge in [-0.1, -0.05) is 39.7 Å². The summed E-state index contributed by atoms with van der Waals surface area (Å²) in [4.78, 5) is 12.1. The predicted molar refractivity (Wildman–Crippen MR) is 123 cm³/mol. The lowest BCUT2D eigenvalue weighted by Crippen LogP contribution is -2.34. The van der Waals surface area contributed by atoms with E-state index in [1.807, 2.05) is 32.9 Å². The number of nitrogens with zero attached hydrogens (tertiary/aromatic N) is 3. The highest BCUT2D eigenvalue weighted by Crippen LogP contribution is 2.38. The Bertz CT molecular complexity index is 1110. The molecule has 0 spiro atoms. The third kappa shape index (κ3) is 4.23. The molecule has 1 fully saturated rings. The average molecular weight is 433 g/mol. The third-order valence-electron chi connectivity index (χ3n) is 6.19. The van der Waals surface area contributed by atoms with E-state index in [-0.39, 0.29) is 22.9 Å². The normalized spacial score (nSPS) is 20.6. The molecular formula is C23H28BN5O3. The second-order valence-corrected chi connectivity index (χ2v) is 9.52. The van der Waals surface area contributed by atoms with Gasteiger partial charge in [0.15, 0.2) is 5.82 Å². The van der Waals surface area contributed by atoms with Gasteiger partial charge in [0.1, 0.15) is 11.3 Å². The van der Waals surface area contributed by atoms with Crippen molar-refractivity contribution in [2.24, 2.45) is 17.1 Å². The van der Waals surface area contributed by atoms with Crippen molar-refractivity contribution >= 4 is 30.6 Å². The molecule has 1 aromatic carbocycles. The van der Waals surface area contributed by atoms with Gasteiger partial charge >= 0.3 is 7.12 Å². The lowest BCUT2D eigenvalue weighted by atomic mass is 9.63. The highest BCUT2D eigenvalue weighted by molar-refractivity contribution is 6.55. The molecule has 1 aromatic heterocycles. The second-order valence-electron chi connectivity index (χ2n) is 9.52. The SMILES string of the molecule is CC(C)(C)C1=Cc2cc(Nc3nn(C4CCCCC4C#N)cc3C(N)=O)ccc2OB1O. The Morgan fingerprint density at radius 1 is 1.38 bits per heavy atom. The first-order chi connectivity index (χ1) is 15.2. The van der Waals surface area contributed by atoms with Crippen molar-refractivity contribution < 1.29 is 14.5 Å². The summed E-state index contributed by atoms with van der Waals surface area (Å²) in [6.45, 7) is 6.05. The van der Waals surface area contributed by atoms with E-state index in [9.17, 15) is 15.1 Å². The number of nitrogens with two attached hydrogens (primary N) is 1. The van der Waals surface area contributed by atoms with Crippen LogP contribution in [0.1, 0.15) is 68.4 Å². The molecule has 2 atom stereocenters. The van der Waals surface area contributed by atoms with Gasteiger partial charge in [-0.15, -0.1) is 0 Å². The van der Waals surface area contributed by atoms with Crippen LogP contribution in [-0.2, 0) is 0 Å². The zero-order valence-electron chi connectivity index (χ0n) is 18.6. The van der Waals surface area contributed by atoms with Crippen LogP contribution in [0, 0.1) is 22.7 Å². The van der Waals surface area contributed by atoms with Gasteiger partial charge in [0.25, 0.3) is 5.91 Å². The number of primary amides is 1. The van der Waals surface area contributed by atoms with E-state index < -0.39 is 13.0 Å². The van der Waals surface area contributed by atoms with E-state index in [2.05, 4.69) is 16.5 Å². The van der Waals surface area contributed by atoms with Gasteiger partial charge in [0.2, 0.25) is 0 Å². The molecule has 166 valence electrons. The highest BCUT2D eigenvalue weighted by atomic mass is 16.5. The summed E-state index contributed by atoms with van der Waals surface area (Å²) in [7, 11) is -0.984. The van der Waals surface area contributed by atoms with Crippen LogP contribution < -0.4 is 15.7 Å². The van der Waals surface area contributed by atoms with E-state index in [4.69, 9.17) is 10.4 Å². The molecule has 2 aromatic rings. The molecule has 4 rings (SSSR count). The molecule has 0 bridgehead atoms. The summed E-state index contributed by atoms with van der Waals surface area (Å²) in [5.74, 6) is 0.222. The van der Waals surface area contributed by atoms with Crippen molar-refractivity contribution in [3.8, 4) is 11.8 Å². The van der Waals surface area contributed by atoms with Gasteiger partial charge in [-0.05, 0) is 41.9 Å². The van der Waals surface area contributed by atoms with Crippen LogP contribution >= 0.6 is 0 Å². The Morgan fingerprint density at radius 3 is 2.81 bits per heavy atom. The van der Waals surface area contributed by atoms with Crippen molar-refractivity contribution in [1.29, 1.82) is 5.26 Å². The molecule has 8 nitrogen and oxygen atoms in total.